The lowest BCUT2D eigenvalue weighted by molar-refractivity contribution is -0.115. The molecule has 37 heavy (non-hydrogen) atoms. The number of hydrogen-bond donors (Lipinski definition) is 2. The van der Waals surface area contributed by atoms with Crippen LogP contribution in [0.15, 0.2) is 81.8 Å². The number of thiocarbonyl (C=S) groups is 1. The van der Waals surface area contributed by atoms with E-state index in [-0.39, 0.29) is 5.11 Å². The van der Waals surface area contributed by atoms with Crippen LogP contribution in [0.3, 0.4) is 0 Å². The molecule has 5 aromatic rings. The van der Waals surface area contributed by atoms with Gasteiger partial charge < -0.3 is 14.2 Å². The number of carbonyl (C=O) groups excluding carboxylic acids is 1. The second kappa shape index (κ2) is 10.6. The third kappa shape index (κ3) is 5.56. The van der Waals surface area contributed by atoms with Crippen molar-refractivity contribution in [1.29, 1.82) is 0 Å². The molecule has 1 amide bonds. The number of fused-ring (bicyclic) bond motifs is 1. The standard InChI is InChI=1S/C27H18Cl2N4O3S/c1-15-14-16(26-33-25-22(36-26)6-3-13-30-25)7-10-20(15)31-27(37)32-23(34)12-9-17-8-11-21(35-17)18-4-2-5-19(28)24(18)29/h2-14H,1H3,(H2,31,32,34,37). The van der Waals surface area contributed by atoms with Gasteiger partial charge in [-0.1, -0.05) is 29.3 Å². The third-order valence-electron chi connectivity index (χ3n) is 5.37. The quantitative estimate of drug-likeness (QED) is 0.176. The fourth-order valence-corrected chi connectivity index (χ4v) is 4.18. The number of hydrogen-bond acceptors (Lipinski definition) is 6. The Morgan fingerprint density at radius 1 is 1.05 bits per heavy atom. The lowest BCUT2D eigenvalue weighted by Gasteiger charge is -2.11. The van der Waals surface area contributed by atoms with E-state index in [9.17, 15) is 4.79 Å². The molecule has 0 atom stereocenters. The first-order valence-corrected chi connectivity index (χ1v) is 12.2. The van der Waals surface area contributed by atoms with E-state index in [1.54, 1.807) is 42.6 Å². The fourth-order valence-electron chi connectivity index (χ4n) is 3.58. The molecule has 0 fully saturated rings. The number of nitrogens with one attached hydrogen (secondary N) is 2. The second-order valence-corrected chi connectivity index (χ2v) is 9.15. The number of amides is 1. The third-order valence-corrected chi connectivity index (χ3v) is 6.39. The van der Waals surface area contributed by atoms with E-state index in [2.05, 4.69) is 20.6 Å². The number of nitrogens with zero attached hydrogens (tertiary/aromatic N) is 2. The van der Waals surface area contributed by atoms with Crippen molar-refractivity contribution < 1.29 is 13.6 Å². The Kier molecular flexibility index (Phi) is 7.05. The molecular formula is C27H18Cl2N4O3S. The zero-order valence-corrected chi connectivity index (χ0v) is 21.6. The minimum Gasteiger partial charge on any atom is -0.457 e. The molecule has 0 radical (unpaired) electrons. The first-order valence-electron chi connectivity index (χ1n) is 11.0. The smallest absolute Gasteiger partial charge is 0.250 e. The van der Waals surface area contributed by atoms with Crippen molar-refractivity contribution in [2.75, 3.05) is 5.32 Å². The monoisotopic (exact) mass is 548 g/mol. The second-order valence-electron chi connectivity index (χ2n) is 7.95. The molecule has 0 unspecified atom stereocenters. The van der Waals surface area contributed by atoms with Crippen LogP contribution in [0.5, 0.6) is 0 Å². The minimum atomic E-state index is -0.413. The zero-order valence-electron chi connectivity index (χ0n) is 19.3. The van der Waals surface area contributed by atoms with E-state index in [0.29, 0.717) is 44.3 Å². The Bertz CT molecular complexity index is 1640. The Balaban J connectivity index is 1.20. The number of pyridine rings is 1. The number of halogens is 2. The molecule has 0 spiro atoms. The zero-order chi connectivity index (χ0) is 25.9. The average Bonchev–Trinajstić information content (AvgIpc) is 3.53. The van der Waals surface area contributed by atoms with E-state index in [4.69, 9.17) is 44.3 Å². The van der Waals surface area contributed by atoms with Crippen molar-refractivity contribution in [3.8, 4) is 22.8 Å². The molecule has 0 aliphatic carbocycles. The molecule has 2 N–H and O–H groups in total. The molecule has 2 aromatic carbocycles. The van der Waals surface area contributed by atoms with Crippen molar-refractivity contribution >= 4 is 69.4 Å². The first kappa shape index (κ1) is 24.7. The summed E-state index contributed by atoms with van der Waals surface area (Å²) in [5.41, 5.74) is 4.26. The normalized spacial score (nSPS) is 11.2. The molecule has 3 heterocycles. The predicted molar refractivity (Wildman–Crippen MR) is 150 cm³/mol. The summed E-state index contributed by atoms with van der Waals surface area (Å²) in [7, 11) is 0. The van der Waals surface area contributed by atoms with Gasteiger partial charge in [0.2, 0.25) is 11.8 Å². The number of rotatable bonds is 5. The van der Waals surface area contributed by atoms with Crippen LogP contribution in [-0.2, 0) is 4.79 Å². The first-order chi connectivity index (χ1) is 17.9. The molecule has 7 nitrogen and oxygen atoms in total. The maximum absolute atomic E-state index is 12.4. The van der Waals surface area contributed by atoms with Crippen LogP contribution in [0.1, 0.15) is 11.3 Å². The van der Waals surface area contributed by atoms with Crippen molar-refractivity contribution in [2.45, 2.75) is 6.92 Å². The molecule has 0 bridgehead atoms. The number of oxazole rings is 1. The molecule has 0 aliphatic rings. The summed E-state index contributed by atoms with van der Waals surface area (Å²) in [5.74, 6) is 1.08. The van der Waals surface area contributed by atoms with Crippen molar-refractivity contribution in [3.05, 3.63) is 94.3 Å². The summed E-state index contributed by atoms with van der Waals surface area (Å²) in [6.07, 6.45) is 4.53. The van der Waals surface area contributed by atoms with Gasteiger partial charge in [-0.3, -0.25) is 10.1 Å². The maximum atomic E-state index is 12.4. The Hall–Kier alpha value is -3.98. The number of furan rings is 1. The molecule has 0 saturated heterocycles. The van der Waals surface area contributed by atoms with Gasteiger partial charge in [-0.2, -0.15) is 4.98 Å². The van der Waals surface area contributed by atoms with Crippen LogP contribution in [0.2, 0.25) is 10.0 Å². The minimum absolute atomic E-state index is 0.155. The largest absolute Gasteiger partial charge is 0.457 e. The fraction of sp³-hybridized carbons (Fsp3) is 0.0370. The van der Waals surface area contributed by atoms with Gasteiger partial charge in [0.15, 0.2) is 16.3 Å². The summed E-state index contributed by atoms with van der Waals surface area (Å²) in [4.78, 5) is 21.0. The van der Waals surface area contributed by atoms with Crippen LogP contribution >= 0.6 is 35.4 Å². The van der Waals surface area contributed by atoms with E-state index >= 15 is 0 Å². The lowest BCUT2D eigenvalue weighted by Crippen LogP contribution is -2.33. The Morgan fingerprint density at radius 3 is 2.73 bits per heavy atom. The van der Waals surface area contributed by atoms with Gasteiger partial charge in [0.05, 0.1) is 10.0 Å². The van der Waals surface area contributed by atoms with Gasteiger partial charge in [-0.05, 0) is 85.4 Å². The Labute approximate surface area is 227 Å². The highest BCUT2D eigenvalue weighted by Crippen LogP contribution is 2.34. The molecule has 10 heteroatoms. The highest BCUT2D eigenvalue weighted by Gasteiger charge is 2.12. The number of aromatic nitrogens is 2. The van der Waals surface area contributed by atoms with Crippen LogP contribution in [-0.4, -0.2) is 21.0 Å². The van der Waals surface area contributed by atoms with Crippen molar-refractivity contribution in [1.82, 2.24) is 15.3 Å². The molecule has 3 aromatic heterocycles. The van der Waals surface area contributed by atoms with E-state index in [0.717, 1.165) is 16.8 Å². The summed E-state index contributed by atoms with van der Waals surface area (Å²) in [6, 6.07) is 18.0. The summed E-state index contributed by atoms with van der Waals surface area (Å²) < 4.78 is 11.5. The average molecular weight is 549 g/mol. The van der Waals surface area contributed by atoms with Gasteiger partial charge in [-0.25, -0.2) is 4.98 Å². The number of carbonyl (C=O) groups is 1. The van der Waals surface area contributed by atoms with Crippen LogP contribution < -0.4 is 10.6 Å². The SMILES string of the molecule is Cc1cc(-c2nc3ncccc3o2)ccc1NC(=S)NC(=O)C=Cc1ccc(-c2cccc(Cl)c2Cl)o1. The number of benzene rings is 2. The summed E-state index contributed by atoms with van der Waals surface area (Å²) in [5, 5.41) is 6.64. The van der Waals surface area contributed by atoms with Gasteiger partial charge in [-0.15, -0.1) is 0 Å². The number of anilines is 1. The summed E-state index contributed by atoms with van der Waals surface area (Å²) >= 11 is 17.6. The van der Waals surface area contributed by atoms with Gasteiger partial charge in [0.1, 0.15) is 11.5 Å². The molecular weight excluding hydrogens is 531 g/mol. The molecule has 0 saturated carbocycles. The maximum Gasteiger partial charge on any atom is 0.250 e. The van der Waals surface area contributed by atoms with E-state index in [1.807, 2.05) is 31.2 Å². The van der Waals surface area contributed by atoms with Crippen LogP contribution in [0, 0.1) is 6.92 Å². The highest BCUT2D eigenvalue weighted by molar-refractivity contribution is 7.80. The van der Waals surface area contributed by atoms with Gasteiger partial charge in [0, 0.05) is 29.1 Å². The molecule has 5 rings (SSSR count). The van der Waals surface area contributed by atoms with E-state index < -0.39 is 5.91 Å². The van der Waals surface area contributed by atoms with Crippen LogP contribution in [0.4, 0.5) is 5.69 Å². The van der Waals surface area contributed by atoms with Crippen LogP contribution in [0.25, 0.3) is 40.1 Å². The predicted octanol–water partition coefficient (Wildman–Crippen LogP) is 7.29. The highest BCUT2D eigenvalue weighted by atomic mass is 35.5. The molecule has 0 aliphatic heterocycles. The van der Waals surface area contributed by atoms with Gasteiger partial charge >= 0.3 is 0 Å². The Morgan fingerprint density at radius 2 is 1.92 bits per heavy atom. The van der Waals surface area contributed by atoms with E-state index in [1.165, 1.54) is 12.2 Å². The van der Waals surface area contributed by atoms with Crippen molar-refractivity contribution in [2.24, 2.45) is 0 Å². The number of aryl methyl sites for hydroxylation is 1. The van der Waals surface area contributed by atoms with Crippen molar-refractivity contribution in [3.63, 3.8) is 0 Å². The summed E-state index contributed by atoms with van der Waals surface area (Å²) in [6.45, 7) is 1.91. The lowest BCUT2D eigenvalue weighted by atomic mass is 10.1. The topological polar surface area (TPSA) is 93.2 Å². The van der Waals surface area contributed by atoms with Gasteiger partial charge in [0.25, 0.3) is 0 Å². The molecule has 184 valence electrons.